The Bertz CT molecular complexity index is 208. The highest BCUT2D eigenvalue weighted by Gasteiger charge is 2.26. The lowest BCUT2D eigenvalue weighted by Crippen LogP contribution is -2.20. The average Bonchev–Trinajstić information content (AvgIpc) is 2.26. The second-order valence-corrected chi connectivity index (χ2v) is 2.91. The summed E-state index contributed by atoms with van der Waals surface area (Å²) < 4.78 is 10.6. The molecule has 1 aliphatic rings. The number of rotatable bonds is 2. The van der Waals surface area contributed by atoms with Crippen molar-refractivity contribution in [3.63, 3.8) is 0 Å². The van der Waals surface area contributed by atoms with Gasteiger partial charge in [0.2, 0.25) is 5.79 Å². The van der Waals surface area contributed by atoms with E-state index in [1.165, 1.54) is 0 Å². The topological polar surface area (TPSA) is 18.5 Å². The third kappa shape index (κ3) is 2.19. The Morgan fingerprint density at radius 2 is 2.36 bits per heavy atom. The van der Waals surface area contributed by atoms with Crippen molar-refractivity contribution in [2.24, 2.45) is 0 Å². The van der Waals surface area contributed by atoms with Gasteiger partial charge in [-0.15, -0.1) is 12.3 Å². The number of terminal acetylenes is 1. The van der Waals surface area contributed by atoms with E-state index in [9.17, 15) is 0 Å². The third-order valence-electron chi connectivity index (χ3n) is 1.37. The minimum Gasteiger partial charge on any atom is -0.457 e. The molecule has 0 aliphatic carbocycles. The van der Waals surface area contributed by atoms with Crippen LogP contribution in [0, 0.1) is 12.3 Å². The van der Waals surface area contributed by atoms with Gasteiger partial charge in [0.25, 0.3) is 0 Å². The molecule has 0 atom stereocenters. The summed E-state index contributed by atoms with van der Waals surface area (Å²) in [5.41, 5.74) is 0. The van der Waals surface area contributed by atoms with Crippen LogP contribution in [0.5, 0.6) is 0 Å². The molecule has 0 aromatic rings. The van der Waals surface area contributed by atoms with Crippen LogP contribution in [0.25, 0.3) is 0 Å². The van der Waals surface area contributed by atoms with E-state index in [-0.39, 0.29) is 0 Å². The molecule has 11 heavy (non-hydrogen) atoms. The van der Waals surface area contributed by atoms with Crippen LogP contribution in [0.1, 0.15) is 26.7 Å². The van der Waals surface area contributed by atoms with Crippen molar-refractivity contribution in [1.29, 1.82) is 0 Å². The van der Waals surface area contributed by atoms with Crippen molar-refractivity contribution in [2.75, 3.05) is 0 Å². The van der Waals surface area contributed by atoms with Crippen LogP contribution in [0.2, 0.25) is 0 Å². The van der Waals surface area contributed by atoms with Gasteiger partial charge in [-0.25, -0.2) is 0 Å². The molecule has 0 unspecified atom stereocenters. The lowest BCUT2D eigenvalue weighted by Gasteiger charge is -2.17. The molecule has 60 valence electrons. The number of ether oxygens (including phenoxy) is 2. The molecular formula is C9H12O2. The number of hydrogen-bond acceptors (Lipinski definition) is 2. The normalized spacial score (nSPS) is 19.5. The molecule has 2 nitrogen and oxygen atoms in total. The Kier molecular flexibility index (Phi) is 2.09. The Labute approximate surface area is 67.2 Å². The molecule has 0 aromatic heterocycles. The molecule has 0 spiro atoms. The molecule has 2 heteroatoms. The van der Waals surface area contributed by atoms with Crippen LogP contribution < -0.4 is 0 Å². The lowest BCUT2D eigenvalue weighted by atomic mass is 10.3. The van der Waals surface area contributed by atoms with E-state index in [0.29, 0.717) is 6.42 Å². The summed E-state index contributed by atoms with van der Waals surface area (Å²) in [5, 5.41) is 0. The van der Waals surface area contributed by atoms with E-state index >= 15 is 0 Å². The Morgan fingerprint density at radius 1 is 1.64 bits per heavy atom. The lowest BCUT2D eigenvalue weighted by molar-refractivity contribution is -0.117. The summed E-state index contributed by atoms with van der Waals surface area (Å²) in [6.07, 6.45) is 8.20. The maximum atomic E-state index is 5.39. The second kappa shape index (κ2) is 2.87. The molecule has 0 aromatic carbocycles. The van der Waals surface area contributed by atoms with E-state index in [1.807, 2.05) is 13.8 Å². The van der Waals surface area contributed by atoms with Crippen molar-refractivity contribution >= 4 is 0 Å². The molecule has 0 radical (unpaired) electrons. The fraction of sp³-hybridized carbons (Fsp3) is 0.556. The van der Waals surface area contributed by atoms with Crippen LogP contribution in [0.3, 0.4) is 0 Å². The van der Waals surface area contributed by atoms with Crippen LogP contribution in [0.15, 0.2) is 12.0 Å². The van der Waals surface area contributed by atoms with Gasteiger partial charge in [-0.2, -0.15) is 0 Å². The van der Waals surface area contributed by atoms with Crippen LogP contribution in [-0.2, 0) is 9.47 Å². The number of allylic oxidation sites excluding steroid dienone is 1. The first kappa shape index (κ1) is 8.00. The van der Waals surface area contributed by atoms with E-state index in [0.717, 1.165) is 12.2 Å². The predicted octanol–water partition coefficient (Wildman–Crippen LogP) is 2.02. The molecule has 0 amide bonds. The molecule has 0 saturated heterocycles. The maximum absolute atomic E-state index is 5.39. The summed E-state index contributed by atoms with van der Waals surface area (Å²) in [6.45, 7) is 3.73. The summed E-state index contributed by atoms with van der Waals surface area (Å²) in [7, 11) is 0. The first-order valence-electron chi connectivity index (χ1n) is 3.63. The third-order valence-corrected chi connectivity index (χ3v) is 1.37. The Morgan fingerprint density at radius 3 is 2.82 bits per heavy atom. The Hall–Kier alpha value is -1.10. The minimum atomic E-state index is -0.496. The largest absolute Gasteiger partial charge is 0.457 e. The van der Waals surface area contributed by atoms with Gasteiger partial charge < -0.3 is 9.47 Å². The number of hydrogen-bond donors (Lipinski definition) is 0. The summed E-state index contributed by atoms with van der Waals surface area (Å²) in [6, 6.07) is 0. The zero-order valence-electron chi connectivity index (χ0n) is 6.89. The minimum absolute atomic E-state index is 0.496. The SMILES string of the molecule is C#CCCC1=COC(C)(C)O1. The maximum Gasteiger partial charge on any atom is 0.244 e. The van der Waals surface area contributed by atoms with Crippen LogP contribution in [0.4, 0.5) is 0 Å². The first-order chi connectivity index (χ1) is 5.14. The van der Waals surface area contributed by atoms with Gasteiger partial charge in [0.15, 0.2) is 0 Å². The van der Waals surface area contributed by atoms with Crippen molar-refractivity contribution in [3.05, 3.63) is 12.0 Å². The first-order valence-corrected chi connectivity index (χ1v) is 3.63. The quantitative estimate of drug-likeness (QED) is 0.563. The standard InChI is InChI=1S/C9H12O2/c1-4-5-6-8-7-10-9(2,3)11-8/h1,7H,5-6H2,2-3H3. The summed E-state index contributed by atoms with van der Waals surface area (Å²) >= 11 is 0. The van der Waals surface area contributed by atoms with Crippen LogP contribution >= 0.6 is 0 Å². The van der Waals surface area contributed by atoms with Gasteiger partial charge in [0.1, 0.15) is 12.0 Å². The highest BCUT2D eigenvalue weighted by atomic mass is 16.7. The van der Waals surface area contributed by atoms with E-state index in [2.05, 4.69) is 5.92 Å². The van der Waals surface area contributed by atoms with Gasteiger partial charge >= 0.3 is 0 Å². The smallest absolute Gasteiger partial charge is 0.244 e. The fourth-order valence-corrected chi connectivity index (χ4v) is 0.877. The van der Waals surface area contributed by atoms with Gasteiger partial charge in [0.05, 0.1) is 0 Å². The zero-order valence-corrected chi connectivity index (χ0v) is 6.89. The Balaban J connectivity index is 2.36. The zero-order chi connectivity index (χ0) is 8.32. The second-order valence-electron chi connectivity index (χ2n) is 2.91. The highest BCUT2D eigenvalue weighted by Crippen LogP contribution is 2.26. The monoisotopic (exact) mass is 152 g/mol. The van der Waals surface area contributed by atoms with Gasteiger partial charge in [-0.3, -0.25) is 0 Å². The molecule has 1 heterocycles. The van der Waals surface area contributed by atoms with Crippen molar-refractivity contribution < 1.29 is 9.47 Å². The van der Waals surface area contributed by atoms with Crippen molar-refractivity contribution in [2.45, 2.75) is 32.5 Å². The van der Waals surface area contributed by atoms with E-state index in [1.54, 1.807) is 6.26 Å². The van der Waals surface area contributed by atoms with Gasteiger partial charge in [-0.1, -0.05) is 0 Å². The predicted molar refractivity (Wildman–Crippen MR) is 42.4 cm³/mol. The van der Waals surface area contributed by atoms with E-state index < -0.39 is 5.79 Å². The molecule has 1 aliphatic heterocycles. The summed E-state index contributed by atoms with van der Waals surface area (Å²) in [4.78, 5) is 0. The van der Waals surface area contributed by atoms with Crippen molar-refractivity contribution in [3.8, 4) is 12.3 Å². The highest BCUT2D eigenvalue weighted by molar-refractivity contribution is 4.99. The molecule has 0 saturated carbocycles. The molecule has 0 fully saturated rings. The van der Waals surface area contributed by atoms with Crippen LogP contribution in [-0.4, -0.2) is 5.79 Å². The molecule has 0 N–H and O–H groups in total. The molecule has 1 rings (SSSR count). The fourth-order valence-electron chi connectivity index (χ4n) is 0.877. The van der Waals surface area contributed by atoms with E-state index in [4.69, 9.17) is 15.9 Å². The average molecular weight is 152 g/mol. The molecule has 0 bridgehead atoms. The molecular weight excluding hydrogens is 140 g/mol. The van der Waals surface area contributed by atoms with Crippen molar-refractivity contribution in [1.82, 2.24) is 0 Å². The van der Waals surface area contributed by atoms with Gasteiger partial charge in [-0.05, 0) is 0 Å². The summed E-state index contributed by atoms with van der Waals surface area (Å²) in [5.74, 6) is 2.89. The van der Waals surface area contributed by atoms with Gasteiger partial charge in [0, 0.05) is 26.7 Å².